The van der Waals surface area contributed by atoms with Gasteiger partial charge in [0.25, 0.3) is 0 Å². The predicted octanol–water partition coefficient (Wildman–Crippen LogP) is -1.34. The molecule has 0 aliphatic heterocycles. The topological polar surface area (TPSA) is 119 Å². The van der Waals surface area contributed by atoms with Crippen molar-refractivity contribution in [3.63, 3.8) is 0 Å². The van der Waals surface area contributed by atoms with E-state index in [-0.39, 0.29) is 0 Å². The van der Waals surface area contributed by atoms with Gasteiger partial charge in [-0.1, -0.05) is 0 Å². The molecule has 0 fully saturated rings. The first-order valence-electron chi connectivity index (χ1n) is 6.72. The molecule has 0 aliphatic rings. The molecule has 0 aliphatic carbocycles. The van der Waals surface area contributed by atoms with Crippen LogP contribution in [0.25, 0.3) is 11.4 Å². The second kappa shape index (κ2) is 10.0. The summed E-state index contributed by atoms with van der Waals surface area (Å²) in [6, 6.07) is 0. The van der Waals surface area contributed by atoms with Gasteiger partial charge in [0.1, 0.15) is 0 Å². The zero-order valence-electron chi connectivity index (χ0n) is 13.1. The van der Waals surface area contributed by atoms with Crippen LogP contribution in [0.2, 0.25) is 0 Å². The maximum Gasteiger partial charge on any atom is 0.216 e. The zero-order chi connectivity index (χ0) is 16.2. The summed E-state index contributed by atoms with van der Waals surface area (Å²) >= 11 is 0. The highest BCUT2D eigenvalue weighted by Gasteiger charge is 1.96. The number of aromatic nitrogens is 4. The zero-order valence-corrected chi connectivity index (χ0v) is 13.1. The molecule has 10 nitrogen and oxygen atoms in total. The van der Waals surface area contributed by atoms with Gasteiger partial charge in [-0.2, -0.15) is 0 Å². The molecule has 1 aromatic rings. The van der Waals surface area contributed by atoms with Crippen LogP contribution >= 0.6 is 0 Å². The molecular weight excluding hydrogens is 288 g/mol. The first-order valence-corrected chi connectivity index (χ1v) is 6.72. The SMILES string of the molecule is CCO/C=N/NC(C)=c1nnc(=C(C)N/N=C/OCC)nn1. The van der Waals surface area contributed by atoms with E-state index in [0.717, 1.165) is 0 Å². The van der Waals surface area contributed by atoms with Crippen LogP contribution in [0.5, 0.6) is 0 Å². The molecule has 0 radical (unpaired) electrons. The van der Waals surface area contributed by atoms with Gasteiger partial charge < -0.3 is 9.47 Å². The van der Waals surface area contributed by atoms with Gasteiger partial charge in [0, 0.05) is 0 Å². The largest absolute Gasteiger partial charge is 0.482 e. The fraction of sp³-hybridized carbons (Fsp3) is 0.500. The van der Waals surface area contributed by atoms with Crippen LogP contribution in [0, 0.1) is 0 Å². The molecule has 0 spiro atoms. The lowest BCUT2D eigenvalue weighted by molar-refractivity contribution is 0.341. The van der Waals surface area contributed by atoms with Gasteiger partial charge in [-0.3, -0.25) is 10.9 Å². The highest BCUT2D eigenvalue weighted by Crippen LogP contribution is 1.80. The van der Waals surface area contributed by atoms with Crippen LogP contribution in [0.1, 0.15) is 27.7 Å². The summed E-state index contributed by atoms with van der Waals surface area (Å²) < 4.78 is 9.90. The van der Waals surface area contributed by atoms with Gasteiger partial charge in [-0.15, -0.1) is 30.6 Å². The Hall–Kier alpha value is -2.78. The monoisotopic (exact) mass is 308 g/mol. The minimum absolute atomic E-state index is 0.336. The van der Waals surface area contributed by atoms with Crippen LogP contribution in [0.3, 0.4) is 0 Å². The minimum atomic E-state index is 0.336. The summed E-state index contributed by atoms with van der Waals surface area (Å²) in [5, 5.41) is 23.5. The number of ether oxygens (including phenoxy) is 2. The summed E-state index contributed by atoms with van der Waals surface area (Å²) in [6.07, 6.45) is 2.61. The Balaban J connectivity index is 2.80. The first kappa shape index (κ1) is 17.3. The van der Waals surface area contributed by atoms with Crippen LogP contribution in [-0.4, -0.2) is 46.4 Å². The maximum absolute atomic E-state index is 4.95. The molecule has 120 valence electrons. The molecule has 0 aromatic carbocycles. The Morgan fingerprint density at radius 1 is 0.864 bits per heavy atom. The lowest BCUT2D eigenvalue weighted by atomic mass is 10.5. The third-order valence-electron chi connectivity index (χ3n) is 2.20. The Kier molecular flexibility index (Phi) is 7.87. The fourth-order valence-electron chi connectivity index (χ4n) is 1.10. The average molecular weight is 308 g/mol. The number of hydrogen-bond acceptors (Lipinski definition) is 10. The number of rotatable bonds is 8. The number of hydrazone groups is 2. The van der Waals surface area contributed by atoms with Gasteiger partial charge in [0.15, 0.2) is 12.8 Å². The Morgan fingerprint density at radius 3 is 1.55 bits per heavy atom. The summed E-state index contributed by atoms with van der Waals surface area (Å²) in [5.41, 5.74) is 7.32. The highest BCUT2D eigenvalue weighted by atomic mass is 16.5. The molecular formula is C12H20N8O2. The molecule has 1 heterocycles. The third kappa shape index (κ3) is 6.11. The lowest BCUT2D eigenvalue weighted by Crippen LogP contribution is -2.32. The maximum atomic E-state index is 4.95. The van der Waals surface area contributed by atoms with Crippen LogP contribution in [0.15, 0.2) is 10.2 Å². The molecule has 0 unspecified atom stereocenters. The summed E-state index contributed by atoms with van der Waals surface area (Å²) in [5.74, 6) is 0. The van der Waals surface area contributed by atoms with Gasteiger partial charge in [-0.05, 0) is 27.7 Å². The molecule has 0 bridgehead atoms. The second-order valence-corrected chi connectivity index (χ2v) is 3.90. The number of nitrogens with zero attached hydrogens (tertiary/aromatic N) is 6. The first-order chi connectivity index (χ1) is 10.7. The molecule has 1 aromatic heterocycles. The van der Waals surface area contributed by atoms with E-state index in [1.165, 1.54) is 12.8 Å². The second-order valence-electron chi connectivity index (χ2n) is 3.90. The van der Waals surface area contributed by atoms with Crippen molar-refractivity contribution in [3.8, 4) is 0 Å². The van der Waals surface area contributed by atoms with Crippen LogP contribution in [-0.2, 0) is 9.47 Å². The van der Waals surface area contributed by atoms with Gasteiger partial charge in [0.05, 0.1) is 24.6 Å². The normalized spacial score (nSPS) is 10.7. The molecule has 1 rings (SSSR count). The molecule has 0 amide bonds. The van der Waals surface area contributed by atoms with Crippen molar-refractivity contribution in [2.45, 2.75) is 27.7 Å². The molecule has 0 atom stereocenters. The number of nitrogens with one attached hydrogen (secondary N) is 2. The Bertz CT molecular complexity index is 550. The highest BCUT2D eigenvalue weighted by molar-refractivity contribution is 5.48. The van der Waals surface area contributed by atoms with E-state index in [9.17, 15) is 0 Å². The van der Waals surface area contributed by atoms with Crippen LogP contribution in [0.4, 0.5) is 0 Å². The molecule has 0 saturated carbocycles. The van der Waals surface area contributed by atoms with Gasteiger partial charge in [0.2, 0.25) is 11.0 Å². The predicted molar refractivity (Wildman–Crippen MR) is 81.5 cm³/mol. The van der Waals surface area contributed by atoms with Crippen molar-refractivity contribution in [2.24, 2.45) is 10.2 Å². The van der Waals surface area contributed by atoms with E-state index < -0.39 is 0 Å². The van der Waals surface area contributed by atoms with Crippen molar-refractivity contribution in [3.05, 3.63) is 11.0 Å². The third-order valence-corrected chi connectivity index (χ3v) is 2.20. The van der Waals surface area contributed by atoms with Gasteiger partial charge >= 0.3 is 0 Å². The quantitative estimate of drug-likeness (QED) is 0.344. The van der Waals surface area contributed by atoms with Crippen molar-refractivity contribution >= 4 is 24.2 Å². The van der Waals surface area contributed by atoms with Crippen molar-refractivity contribution < 1.29 is 9.47 Å². The summed E-state index contributed by atoms with van der Waals surface area (Å²) in [7, 11) is 0. The van der Waals surface area contributed by atoms with E-state index in [2.05, 4.69) is 41.4 Å². The van der Waals surface area contributed by atoms with Crippen LogP contribution < -0.4 is 21.8 Å². The average Bonchev–Trinajstić information content (AvgIpc) is 2.55. The van der Waals surface area contributed by atoms with E-state index in [4.69, 9.17) is 9.47 Å². The molecule has 22 heavy (non-hydrogen) atoms. The van der Waals surface area contributed by atoms with E-state index in [1.807, 2.05) is 13.8 Å². The Morgan fingerprint density at radius 2 is 1.23 bits per heavy atom. The van der Waals surface area contributed by atoms with Gasteiger partial charge in [-0.25, -0.2) is 0 Å². The molecule has 0 saturated heterocycles. The smallest absolute Gasteiger partial charge is 0.216 e. The van der Waals surface area contributed by atoms with E-state index >= 15 is 0 Å². The fourth-order valence-corrected chi connectivity index (χ4v) is 1.10. The summed E-state index contributed by atoms with van der Waals surface area (Å²) in [4.78, 5) is 0. The minimum Gasteiger partial charge on any atom is -0.482 e. The number of hydrogen-bond donors (Lipinski definition) is 2. The molecule has 2 N–H and O–H groups in total. The van der Waals surface area contributed by atoms with Crippen molar-refractivity contribution in [1.82, 2.24) is 31.2 Å². The van der Waals surface area contributed by atoms with E-state index in [0.29, 0.717) is 35.6 Å². The van der Waals surface area contributed by atoms with E-state index in [1.54, 1.807) is 13.8 Å². The Labute approximate surface area is 128 Å². The van der Waals surface area contributed by atoms with Crippen molar-refractivity contribution in [1.29, 1.82) is 0 Å². The lowest BCUT2D eigenvalue weighted by Gasteiger charge is -1.99. The standard InChI is InChI=1S/C12H20N8O2/c1-5-21-7-13-15-9(3)11-17-19-12(20-18-11)10(4)16-14-8-22-6-2/h7-8,15-16H,5-6H2,1-4H3/b11-9?,12-10?,13-7+,14-8+. The van der Waals surface area contributed by atoms with Crippen molar-refractivity contribution in [2.75, 3.05) is 13.2 Å². The molecule has 10 heteroatoms. The summed E-state index contributed by atoms with van der Waals surface area (Å²) in [6.45, 7) is 8.33.